The second kappa shape index (κ2) is 10.6. The van der Waals surface area contributed by atoms with Gasteiger partial charge in [0, 0.05) is 35.8 Å². The van der Waals surface area contributed by atoms with Gasteiger partial charge in [0.05, 0.1) is 26.9 Å². The molecular formula is C25H19Br2F3N4O5. The van der Waals surface area contributed by atoms with E-state index in [0.717, 1.165) is 22.4 Å². The quantitative estimate of drug-likeness (QED) is 0.424. The molecule has 14 heteroatoms. The van der Waals surface area contributed by atoms with Gasteiger partial charge in [-0.3, -0.25) is 19.4 Å². The van der Waals surface area contributed by atoms with Gasteiger partial charge in [-0.2, -0.15) is 13.2 Å². The number of carboxylic acid groups (broad SMARTS) is 1. The number of carbonyl (C=O) groups excluding carboxylic acids is 3. The Bertz CT molecular complexity index is 1460. The van der Waals surface area contributed by atoms with Gasteiger partial charge in [-0.25, -0.2) is 4.79 Å². The molecule has 0 unspecified atom stereocenters. The standard InChI is InChI=1S/C23H18Br2N4O3.C2HF3O2/c1-2-5-26-15(30)11-29-10-12-3-6-27-18-16(12)20(29)22(32)19-17(18)23(4-7-28-19)8-13(24)21(31)14(25)9-23;3-2(4,5)1(6)7/h1,8-10,28H,3-7,11H2,(H,26,30);(H,6,7). The van der Waals surface area contributed by atoms with Crippen LogP contribution in [0.1, 0.15) is 28.0 Å². The molecule has 3 heterocycles. The molecule has 5 rings (SSSR count). The van der Waals surface area contributed by atoms with Gasteiger partial charge in [0.15, 0.2) is 0 Å². The number of fused-ring (bicyclic) bond motifs is 2. The van der Waals surface area contributed by atoms with Crippen molar-refractivity contribution in [2.45, 2.75) is 25.6 Å². The minimum Gasteiger partial charge on any atom is -0.475 e. The Labute approximate surface area is 236 Å². The highest BCUT2D eigenvalue weighted by Crippen LogP contribution is 2.49. The van der Waals surface area contributed by atoms with Gasteiger partial charge in [0.2, 0.25) is 17.5 Å². The summed E-state index contributed by atoms with van der Waals surface area (Å²) in [6, 6.07) is 0. The van der Waals surface area contributed by atoms with Crippen molar-refractivity contribution in [3.05, 3.63) is 55.4 Å². The van der Waals surface area contributed by atoms with Crippen LogP contribution in [-0.2, 0) is 27.3 Å². The number of nitrogens with zero attached hydrogens (tertiary/aromatic N) is 2. The first-order valence-electron chi connectivity index (χ1n) is 11.4. The smallest absolute Gasteiger partial charge is 0.475 e. The number of terminal acetylenes is 1. The number of hydrogen-bond donors (Lipinski definition) is 3. The third-order valence-corrected chi connectivity index (χ3v) is 7.60. The number of carboxylic acids is 1. The topological polar surface area (TPSA) is 130 Å². The molecule has 9 nitrogen and oxygen atoms in total. The molecule has 1 amide bonds. The largest absolute Gasteiger partial charge is 0.490 e. The lowest BCUT2D eigenvalue weighted by molar-refractivity contribution is -0.192. The van der Waals surface area contributed by atoms with Gasteiger partial charge in [0.1, 0.15) is 12.2 Å². The van der Waals surface area contributed by atoms with Gasteiger partial charge in [-0.05, 0) is 50.3 Å². The number of allylic oxidation sites excluding steroid dienone is 6. The van der Waals surface area contributed by atoms with E-state index in [-0.39, 0.29) is 30.6 Å². The molecule has 39 heavy (non-hydrogen) atoms. The maximum absolute atomic E-state index is 13.7. The number of halogens is 5. The number of aliphatic imine (C=N–C) groups is 1. The number of ketones is 2. The number of Topliss-reactive ketones (excluding diaryl/α,β-unsaturated/α-hetero) is 2. The number of carbonyl (C=O) groups is 4. The Balaban J connectivity index is 0.000000448. The van der Waals surface area contributed by atoms with E-state index in [1.807, 2.05) is 18.3 Å². The van der Waals surface area contributed by atoms with Crippen LogP contribution < -0.4 is 10.6 Å². The molecule has 1 aromatic rings. The van der Waals surface area contributed by atoms with Gasteiger partial charge in [-0.15, -0.1) is 6.42 Å². The third-order valence-electron chi connectivity index (χ3n) is 6.43. The molecule has 0 radical (unpaired) electrons. The van der Waals surface area contributed by atoms with Crippen LogP contribution in [0.2, 0.25) is 0 Å². The van der Waals surface area contributed by atoms with Crippen molar-refractivity contribution >= 4 is 61.0 Å². The first-order chi connectivity index (χ1) is 18.3. The summed E-state index contributed by atoms with van der Waals surface area (Å²) in [5, 5.41) is 13.0. The Hall–Kier alpha value is -3.44. The van der Waals surface area contributed by atoms with Crippen molar-refractivity contribution in [3.8, 4) is 12.3 Å². The minimum absolute atomic E-state index is 0.00218. The van der Waals surface area contributed by atoms with E-state index in [2.05, 4.69) is 48.4 Å². The number of aliphatic carboxylic acids is 1. The van der Waals surface area contributed by atoms with Crippen LogP contribution in [0.15, 0.2) is 43.6 Å². The monoisotopic (exact) mass is 670 g/mol. The first-order valence-corrected chi connectivity index (χ1v) is 13.0. The van der Waals surface area contributed by atoms with E-state index in [1.54, 1.807) is 4.57 Å². The Morgan fingerprint density at radius 3 is 2.46 bits per heavy atom. The average molecular weight is 672 g/mol. The SMILES string of the molecule is C#CCNC(=O)Cn1cc2c3c1C(=O)C1=C(C3=NCC2)C2(C=C(Br)C(=O)C(Br)=C2)CCN1.O=C(O)C(F)(F)F. The first kappa shape index (κ1) is 28.6. The van der Waals surface area contributed by atoms with E-state index in [9.17, 15) is 27.6 Å². The zero-order chi connectivity index (χ0) is 28.7. The summed E-state index contributed by atoms with van der Waals surface area (Å²) < 4.78 is 34.4. The maximum atomic E-state index is 13.7. The summed E-state index contributed by atoms with van der Waals surface area (Å²) in [5.74, 6) is -0.929. The molecule has 0 bridgehead atoms. The van der Waals surface area contributed by atoms with Crippen LogP contribution in [0, 0.1) is 17.8 Å². The molecule has 2 aliphatic carbocycles. The zero-order valence-electron chi connectivity index (χ0n) is 19.9. The molecule has 2 aliphatic heterocycles. The minimum atomic E-state index is -5.08. The highest BCUT2D eigenvalue weighted by atomic mass is 79.9. The highest BCUT2D eigenvalue weighted by molar-refractivity contribution is 9.13. The number of hydrogen-bond acceptors (Lipinski definition) is 6. The van der Waals surface area contributed by atoms with Gasteiger partial charge in [-0.1, -0.05) is 18.1 Å². The van der Waals surface area contributed by atoms with Crippen LogP contribution in [-0.4, -0.2) is 64.6 Å². The van der Waals surface area contributed by atoms with Crippen LogP contribution >= 0.6 is 31.9 Å². The fourth-order valence-electron chi connectivity index (χ4n) is 4.89. The van der Waals surface area contributed by atoms with E-state index >= 15 is 0 Å². The summed E-state index contributed by atoms with van der Waals surface area (Å²) in [5.41, 5.74) is 3.63. The van der Waals surface area contributed by atoms with E-state index in [0.29, 0.717) is 46.3 Å². The number of rotatable bonds is 3. The number of amides is 1. The van der Waals surface area contributed by atoms with Crippen LogP contribution in [0.5, 0.6) is 0 Å². The molecule has 0 saturated carbocycles. The average Bonchev–Trinajstić information content (AvgIpc) is 3.23. The molecule has 1 aromatic heterocycles. The molecule has 0 fully saturated rings. The molecular weight excluding hydrogens is 653 g/mol. The highest BCUT2D eigenvalue weighted by Gasteiger charge is 2.48. The van der Waals surface area contributed by atoms with Crippen molar-refractivity contribution in [1.82, 2.24) is 15.2 Å². The summed E-state index contributed by atoms with van der Waals surface area (Å²) in [6.45, 7) is 1.29. The predicted octanol–water partition coefficient (Wildman–Crippen LogP) is 2.79. The van der Waals surface area contributed by atoms with Gasteiger partial charge in [0.25, 0.3) is 0 Å². The lowest BCUT2D eigenvalue weighted by Crippen LogP contribution is -2.45. The van der Waals surface area contributed by atoms with Crippen molar-refractivity contribution in [3.63, 3.8) is 0 Å². The molecule has 0 atom stereocenters. The molecule has 1 spiro atoms. The summed E-state index contributed by atoms with van der Waals surface area (Å²) in [7, 11) is 0. The molecule has 4 aliphatic rings. The van der Waals surface area contributed by atoms with Gasteiger partial charge < -0.3 is 20.3 Å². The van der Waals surface area contributed by atoms with Crippen molar-refractivity contribution in [2.75, 3.05) is 19.6 Å². The van der Waals surface area contributed by atoms with Crippen molar-refractivity contribution in [2.24, 2.45) is 10.4 Å². The second-order valence-electron chi connectivity index (χ2n) is 8.88. The Kier molecular flexibility index (Phi) is 7.77. The molecule has 3 N–H and O–H groups in total. The number of nitrogens with one attached hydrogen (secondary N) is 2. The molecule has 0 aromatic carbocycles. The Morgan fingerprint density at radius 1 is 1.23 bits per heavy atom. The van der Waals surface area contributed by atoms with Gasteiger partial charge >= 0.3 is 12.1 Å². The van der Waals surface area contributed by atoms with Crippen LogP contribution in [0.3, 0.4) is 0 Å². The molecule has 204 valence electrons. The lowest BCUT2D eigenvalue weighted by atomic mass is 9.66. The lowest BCUT2D eigenvalue weighted by Gasteiger charge is -2.41. The van der Waals surface area contributed by atoms with Crippen molar-refractivity contribution < 1.29 is 37.5 Å². The fourth-order valence-corrected chi connectivity index (χ4v) is 6.40. The summed E-state index contributed by atoms with van der Waals surface area (Å²) in [6.07, 6.45) is 7.16. The third kappa shape index (κ3) is 5.25. The molecule has 0 saturated heterocycles. The van der Waals surface area contributed by atoms with E-state index in [4.69, 9.17) is 21.3 Å². The normalized spacial score (nSPS) is 18.8. The van der Waals surface area contributed by atoms with Crippen molar-refractivity contribution in [1.29, 1.82) is 0 Å². The second-order valence-corrected chi connectivity index (χ2v) is 10.6. The zero-order valence-corrected chi connectivity index (χ0v) is 23.1. The van der Waals surface area contributed by atoms with E-state index < -0.39 is 17.6 Å². The summed E-state index contributed by atoms with van der Waals surface area (Å²) >= 11 is 6.80. The number of aromatic nitrogens is 1. The number of alkyl halides is 3. The van der Waals surface area contributed by atoms with E-state index in [1.165, 1.54) is 0 Å². The Morgan fingerprint density at radius 2 is 1.87 bits per heavy atom. The summed E-state index contributed by atoms with van der Waals surface area (Å²) in [4.78, 5) is 52.1. The van der Waals surface area contributed by atoms with Crippen LogP contribution in [0.25, 0.3) is 0 Å². The predicted molar refractivity (Wildman–Crippen MR) is 141 cm³/mol. The fraction of sp³-hybridized carbons (Fsp3) is 0.320. The maximum Gasteiger partial charge on any atom is 0.490 e. The van der Waals surface area contributed by atoms with Crippen LogP contribution in [0.4, 0.5) is 13.2 Å².